The van der Waals surface area contributed by atoms with Crippen LogP contribution in [0.1, 0.15) is 27.7 Å². The van der Waals surface area contributed by atoms with E-state index in [0.717, 1.165) is 0 Å². The Morgan fingerprint density at radius 3 is 1.90 bits per heavy atom. The molecule has 0 saturated heterocycles. The monoisotopic (exact) mass is 295 g/mol. The first kappa shape index (κ1) is 17.0. The quantitative estimate of drug-likeness (QED) is 0.743. The van der Waals surface area contributed by atoms with E-state index in [1.54, 1.807) is 23.7 Å². The Balaban J connectivity index is 3.01. The van der Waals surface area contributed by atoms with Crippen LogP contribution in [0.5, 0.6) is 0 Å². The van der Waals surface area contributed by atoms with Gasteiger partial charge in [0.25, 0.3) is 5.65 Å². The van der Waals surface area contributed by atoms with Crippen molar-refractivity contribution < 1.29 is 9.36 Å². The second-order valence-electron chi connectivity index (χ2n) is 6.23. The van der Waals surface area contributed by atoms with Crippen LogP contribution in [0.3, 0.4) is 0 Å². The zero-order valence-corrected chi connectivity index (χ0v) is 14.1. The smallest absolute Gasteiger partial charge is 0.285 e. The number of hydrogen-bond donors (Lipinski definition) is 0. The van der Waals surface area contributed by atoms with Crippen LogP contribution in [0, 0.1) is 11.8 Å². The summed E-state index contributed by atoms with van der Waals surface area (Å²) in [6, 6.07) is 9.08. The maximum Gasteiger partial charge on any atom is 0.285 e. The number of nitrogens with zero attached hydrogens (tertiary/aromatic N) is 1. The van der Waals surface area contributed by atoms with Gasteiger partial charge in [0.2, 0.25) is 0 Å². The number of benzene rings is 1. The second kappa shape index (κ2) is 7.08. The maximum atomic E-state index is 12.9. The number of hydrogen-bond acceptors (Lipinski definition) is 2. The van der Waals surface area contributed by atoms with Gasteiger partial charge in [0.15, 0.2) is 7.14 Å². The summed E-state index contributed by atoms with van der Waals surface area (Å²) in [5.74, 6) is 0.738. The van der Waals surface area contributed by atoms with Crippen LogP contribution >= 0.6 is 7.14 Å². The summed E-state index contributed by atoms with van der Waals surface area (Å²) in [5, 5.41) is 0.641. The normalized spacial score (nSPS) is 14.3. The molecule has 0 fully saturated rings. The summed E-state index contributed by atoms with van der Waals surface area (Å²) in [4.78, 5) is 14.5. The fraction of sp³-hybridized carbons (Fsp3) is 0.562. The molecule has 0 bridgehead atoms. The SMILES string of the molecule is CC(C)CN(CC(C)C)C(=O)P(C)(=O)c1ccccc1. The zero-order valence-electron chi connectivity index (χ0n) is 13.2. The van der Waals surface area contributed by atoms with Crippen LogP contribution < -0.4 is 5.30 Å². The number of carbonyl (C=O) groups is 1. The molecule has 1 atom stereocenters. The molecule has 0 aliphatic heterocycles. The molecule has 0 heterocycles. The first-order valence-electron chi connectivity index (χ1n) is 7.17. The predicted octanol–water partition coefficient (Wildman–Crippen LogP) is 4.04. The lowest BCUT2D eigenvalue weighted by Crippen LogP contribution is -2.37. The predicted molar refractivity (Wildman–Crippen MR) is 86.3 cm³/mol. The molecule has 0 saturated carbocycles. The lowest BCUT2D eigenvalue weighted by Gasteiger charge is -2.29. The molecule has 1 aromatic rings. The van der Waals surface area contributed by atoms with Crippen molar-refractivity contribution in [3.05, 3.63) is 30.3 Å². The Kier molecular flexibility index (Phi) is 6.01. The second-order valence-corrected chi connectivity index (χ2v) is 8.98. The topological polar surface area (TPSA) is 37.4 Å². The van der Waals surface area contributed by atoms with Crippen molar-refractivity contribution in [2.75, 3.05) is 19.8 Å². The van der Waals surface area contributed by atoms with E-state index in [4.69, 9.17) is 0 Å². The number of rotatable bonds is 6. The third kappa shape index (κ3) is 4.49. The van der Waals surface area contributed by atoms with Crippen LogP contribution in [0.4, 0.5) is 4.79 Å². The molecule has 1 amide bonds. The molecule has 1 rings (SSSR count). The maximum absolute atomic E-state index is 12.9. The lowest BCUT2D eigenvalue weighted by atomic mass is 10.1. The van der Waals surface area contributed by atoms with E-state index in [2.05, 4.69) is 27.7 Å². The summed E-state index contributed by atoms with van der Waals surface area (Å²) < 4.78 is 12.9. The molecular weight excluding hydrogens is 269 g/mol. The van der Waals surface area contributed by atoms with Gasteiger partial charge >= 0.3 is 0 Å². The average Bonchev–Trinajstić information content (AvgIpc) is 2.37. The standard InChI is InChI=1S/C16H26NO2P/c1-13(2)11-17(12-14(3)4)16(18)20(5,19)15-9-7-6-8-10-15/h6-10,13-14H,11-12H2,1-5H3. The van der Waals surface area contributed by atoms with Crippen LogP contribution in [0.25, 0.3) is 0 Å². The third-order valence-electron chi connectivity index (χ3n) is 3.06. The van der Waals surface area contributed by atoms with Gasteiger partial charge in [-0.25, -0.2) is 0 Å². The van der Waals surface area contributed by atoms with Gasteiger partial charge in [-0.1, -0.05) is 58.0 Å². The molecule has 112 valence electrons. The summed E-state index contributed by atoms with van der Waals surface area (Å²) in [6.45, 7) is 11.2. The van der Waals surface area contributed by atoms with Gasteiger partial charge in [-0.2, -0.15) is 0 Å². The van der Waals surface area contributed by atoms with Crippen LogP contribution in [0.15, 0.2) is 30.3 Å². The molecule has 0 spiro atoms. The van der Waals surface area contributed by atoms with Crippen LogP contribution in [0.2, 0.25) is 0 Å². The van der Waals surface area contributed by atoms with E-state index in [0.29, 0.717) is 30.2 Å². The van der Waals surface area contributed by atoms with E-state index >= 15 is 0 Å². The zero-order chi connectivity index (χ0) is 15.3. The summed E-state index contributed by atoms with van der Waals surface area (Å²) in [7, 11) is -3.02. The fourth-order valence-electron chi connectivity index (χ4n) is 2.21. The molecule has 3 nitrogen and oxygen atoms in total. The Hall–Kier alpha value is -1.08. The molecule has 0 aromatic heterocycles. The Morgan fingerprint density at radius 2 is 1.50 bits per heavy atom. The minimum Gasteiger partial charge on any atom is -0.336 e. The van der Waals surface area contributed by atoms with Crippen molar-refractivity contribution >= 4 is 18.1 Å². The van der Waals surface area contributed by atoms with Crippen molar-refractivity contribution in [3.63, 3.8) is 0 Å². The largest absolute Gasteiger partial charge is 0.336 e. The molecule has 20 heavy (non-hydrogen) atoms. The van der Waals surface area contributed by atoms with E-state index in [1.807, 2.05) is 18.2 Å². The lowest BCUT2D eigenvalue weighted by molar-refractivity contribution is 0.205. The molecule has 0 N–H and O–H groups in total. The molecule has 1 unspecified atom stereocenters. The molecule has 4 heteroatoms. The van der Waals surface area contributed by atoms with E-state index < -0.39 is 7.14 Å². The highest BCUT2D eigenvalue weighted by Gasteiger charge is 2.32. The van der Waals surface area contributed by atoms with Crippen LogP contribution in [-0.4, -0.2) is 30.3 Å². The van der Waals surface area contributed by atoms with Crippen molar-refractivity contribution in [2.45, 2.75) is 27.7 Å². The fourth-order valence-corrected chi connectivity index (χ4v) is 3.87. The van der Waals surface area contributed by atoms with Crippen molar-refractivity contribution in [1.82, 2.24) is 4.90 Å². The van der Waals surface area contributed by atoms with Crippen LogP contribution in [-0.2, 0) is 4.57 Å². The third-order valence-corrected chi connectivity index (χ3v) is 5.35. The van der Waals surface area contributed by atoms with Crippen molar-refractivity contribution in [2.24, 2.45) is 11.8 Å². The minimum absolute atomic E-state index is 0.217. The number of amides is 1. The van der Waals surface area contributed by atoms with E-state index in [-0.39, 0.29) is 5.65 Å². The van der Waals surface area contributed by atoms with E-state index in [1.165, 1.54) is 0 Å². The van der Waals surface area contributed by atoms with Gasteiger partial charge in [0, 0.05) is 25.1 Å². The molecule has 0 aliphatic rings. The van der Waals surface area contributed by atoms with Crippen molar-refractivity contribution in [3.8, 4) is 0 Å². The Morgan fingerprint density at radius 1 is 1.05 bits per heavy atom. The molecular formula is C16H26NO2P. The average molecular weight is 295 g/mol. The van der Waals surface area contributed by atoms with Gasteiger partial charge in [0.1, 0.15) is 0 Å². The minimum atomic E-state index is -3.02. The highest BCUT2D eigenvalue weighted by atomic mass is 31.2. The number of carbonyl (C=O) groups excluding carboxylic acids is 1. The Bertz CT molecular complexity index is 473. The highest BCUT2D eigenvalue weighted by molar-refractivity contribution is 7.86. The van der Waals surface area contributed by atoms with Gasteiger partial charge in [-0.05, 0) is 11.8 Å². The highest BCUT2D eigenvalue weighted by Crippen LogP contribution is 2.43. The summed E-state index contributed by atoms with van der Waals surface area (Å²) in [6.07, 6.45) is 0. The van der Waals surface area contributed by atoms with Gasteiger partial charge in [-0.3, -0.25) is 4.79 Å². The first-order chi connectivity index (χ1) is 9.25. The Labute approximate surface area is 122 Å². The van der Waals surface area contributed by atoms with Gasteiger partial charge in [0.05, 0.1) is 0 Å². The summed E-state index contributed by atoms with van der Waals surface area (Å²) in [5.41, 5.74) is -0.217. The molecule has 0 radical (unpaired) electrons. The van der Waals surface area contributed by atoms with Gasteiger partial charge < -0.3 is 9.46 Å². The first-order valence-corrected chi connectivity index (χ1v) is 9.33. The molecule has 0 aliphatic carbocycles. The van der Waals surface area contributed by atoms with E-state index in [9.17, 15) is 9.36 Å². The molecule has 1 aromatic carbocycles. The van der Waals surface area contributed by atoms with Gasteiger partial charge in [-0.15, -0.1) is 0 Å². The summed E-state index contributed by atoms with van der Waals surface area (Å²) >= 11 is 0. The van der Waals surface area contributed by atoms with Crippen molar-refractivity contribution in [1.29, 1.82) is 0 Å².